The third-order valence-corrected chi connectivity index (χ3v) is 5.76. The summed E-state index contributed by atoms with van der Waals surface area (Å²) in [6, 6.07) is 22.2. The van der Waals surface area contributed by atoms with Gasteiger partial charge in [-0.1, -0.05) is 70.6 Å². The number of allylic oxidation sites excluding steroid dienone is 4. The zero-order valence-electron chi connectivity index (χ0n) is 14.3. The molecule has 0 N–H and O–H groups in total. The summed E-state index contributed by atoms with van der Waals surface area (Å²) in [5, 5.41) is 2.61. The van der Waals surface area contributed by atoms with Crippen LogP contribution in [0.4, 0.5) is 5.69 Å². The van der Waals surface area contributed by atoms with Crippen LogP contribution >= 0.6 is 15.9 Å². The molecule has 0 amide bonds. The molecule has 0 fully saturated rings. The lowest BCUT2D eigenvalue weighted by Crippen LogP contribution is -2.38. The highest BCUT2D eigenvalue weighted by atomic mass is 79.9. The van der Waals surface area contributed by atoms with Gasteiger partial charge in [0.05, 0.1) is 6.04 Å². The Balaban J connectivity index is 1.71. The van der Waals surface area contributed by atoms with Gasteiger partial charge in [0.2, 0.25) is 0 Å². The van der Waals surface area contributed by atoms with Gasteiger partial charge in [0.1, 0.15) is 0 Å². The normalized spacial score (nSPS) is 18.3. The predicted molar refractivity (Wildman–Crippen MR) is 114 cm³/mol. The minimum absolute atomic E-state index is 0.250. The molecule has 3 aromatic rings. The third kappa shape index (κ3) is 2.62. The van der Waals surface area contributed by atoms with E-state index < -0.39 is 0 Å². The summed E-state index contributed by atoms with van der Waals surface area (Å²) < 4.78 is 1.11. The first-order valence-corrected chi connectivity index (χ1v) is 9.68. The molecule has 0 aromatic heterocycles. The Bertz CT molecular complexity index is 1070. The van der Waals surface area contributed by atoms with Crippen LogP contribution in [0.3, 0.4) is 0 Å². The Kier molecular flexibility index (Phi) is 3.79. The van der Waals surface area contributed by atoms with E-state index in [9.17, 15) is 0 Å². The van der Waals surface area contributed by atoms with Crippen molar-refractivity contribution in [1.82, 2.24) is 0 Å². The number of nitrogens with zero attached hydrogens (tertiary/aromatic N) is 1. The van der Waals surface area contributed by atoms with Crippen LogP contribution in [0.15, 0.2) is 95.5 Å². The summed E-state index contributed by atoms with van der Waals surface area (Å²) >= 11 is 3.55. The van der Waals surface area contributed by atoms with Crippen molar-refractivity contribution in [3.63, 3.8) is 0 Å². The first kappa shape index (κ1) is 15.7. The van der Waals surface area contributed by atoms with E-state index in [1.54, 1.807) is 0 Å². The van der Waals surface area contributed by atoms with Gasteiger partial charge in [-0.15, -0.1) is 0 Å². The maximum atomic E-state index is 3.55. The largest absolute Gasteiger partial charge is 0.357 e. The van der Waals surface area contributed by atoms with E-state index in [1.165, 1.54) is 33.2 Å². The van der Waals surface area contributed by atoms with Crippen molar-refractivity contribution in [3.05, 3.63) is 107 Å². The highest BCUT2D eigenvalue weighted by Crippen LogP contribution is 2.39. The highest BCUT2D eigenvalue weighted by Gasteiger charge is 2.29. The van der Waals surface area contributed by atoms with Gasteiger partial charge in [-0.2, -0.15) is 0 Å². The fourth-order valence-electron chi connectivity index (χ4n) is 3.97. The summed E-state index contributed by atoms with van der Waals surface area (Å²) in [5.74, 6) is 0. The molecule has 0 radical (unpaired) electrons. The molecule has 26 heavy (non-hydrogen) atoms. The monoisotopic (exact) mass is 399 g/mol. The molecule has 1 atom stereocenters. The highest BCUT2D eigenvalue weighted by molar-refractivity contribution is 9.10. The second kappa shape index (κ2) is 6.30. The zero-order chi connectivity index (χ0) is 17.5. The van der Waals surface area contributed by atoms with Crippen LogP contribution in [-0.2, 0) is 6.54 Å². The minimum Gasteiger partial charge on any atom is -0.357 e. The van der Waals surface area contributed by atoms with Crippen LogP contribution in [-0.4, -0.2) is 6.04 Å². The van der Waals surface area contributed by atoms with Gasteiger partial charge in [0, 0.05) is 16.7 Å². The molecule has 0 spiro atoms. The Morgan fingerprint density at radius 3 is 2.42 bits per heavy atom. The molecule has 0 bridgehead atoms. The molecular formula is C24H18BrN. The predicted octanol–water partition coefficient (Wildman–Crippen LogP) is 6.50. The van der Waals surface area contributed by atoms with Crippen LogP contribution < -0.4 is 4.90 Å². The van der Waals surface area contributed by atoms with Gasteiger partial charge in [0.15, 0.2) is 0 Å². The van der Waals surface area contributed by atoms with Gasteiger partial charge in [-0.3, -0.25) is 0 Å². The smallest absolute Gasteiger partial charge is 0.0739 e. The molecule has 1 aliphatic heterocycles. The number of hydrogen-bond acceptors (Lipinski definition) is 1. The van der Waals surface area contributed by atoms with E-state index in [4.69, 9.17) is 0 Å². The van der Waals surface area contributed by atoms with Crippen molar-refractivity contribution >= 4 is 38.0 Å². The van der Waals surface area contributed by atoms with E-state index in [0.29, 0.717) is 0 Å². The summed E-state index contributed by atoms with van der Waals surface area (Å²) in [6.07, 6.45) is 11.0. The van der Waals surface area contributed by atoms with Gasteiger partial charge in [-0.05, 0) is 63.9 Å². The van der Waals surface area contributed by atoms with Gasteiger partial charge >= 0.3 is 0 Å². The van der Waals surface area contributed by atoms with Crippen LogP contribution in [0.1, 0.15) is 11.1 Å². The molecule has 126 valence electrons. The van der Waals surface area contributed by atoms with E-state index in [1.807, 2.05) is 0 Å². The molecule has 1 unspecified atom stereocenters. The van der Waals surface area contributed by atoms with E-state index in [-0.39, 0.29) is 6.04 Å². The second-order valence-electron chi connectivity index (χ2n) is 6.80. The summed E-state index contributed by atoms with van der Waals surface area (Å²) in [6.45, 7) is 0.911. The molecule has 2 aliphatic rings. The molecule has 0 saturated heterocycles. The molecule has 0 saturated carbocycles. The van der Waals surface area contributed by atoms with Gasteiger partial charge in [0.25, 0.3) is 0 Å². The van der Waals surface area contributed by atoms with E-state index >= 15 is 0 Å². The zero-order valence-corrected chi connectivity index (χ0v) is 15.9. The number of hydrogen-bond donors (Lipinski definition) is 0. The molecule has 3 aromatic carbocycles. The quantitative estimate of drug-likeness (QED) is 0.451. The van der Waals surface area contributed by atoms with Crippen LogP contribution in [0.5, 0.6) is 0 Å². The fraction of sp³-hybridized carbons (Fsp3) is 0.0833. The third-order valence-electron chi connectivity index (χ3n) is 5.23. The van der Waals surface area contributed by atoms with Crippen LogP contribution in [0.25, 0.3) is 16.3 Å². The van der Waals surface area contributed by atoms with Crippen LogP contribution in [0, 0.1) is 0 Å². The Morgan fingerprint density at radius 1 is 0.846 bits per heavy atom. The van der Waals surface area contributed by atoms with Crippen molar-refractivity contribution in [2.24, 2.45) is 0 Å². The average Bonchev–Trinajstić information content (AvgIpc) is 2.93. The SMILES string of the molecule is Brc1ccc(N2Cc3cc4ccccc4cc3C3=CC=CC=CC32)cc1. The number of benzene rings is 3. The van der Waals surface area contributed by atoms with Crippen molar-refractivity contribution < 1.29 is 0 Å². The van der Waals surface area contributed by atoms with Crippen molar-refractivity contribution in [2.45, 2.75) is 12.6 Å². The standard InChI is InChI=1S/C24H18BrN/c25-20-10-12-21(13-11-20)26-16-19-14-17-6-4-5-7-18(17)15-23(19)22-8-2-1-3-9-24(22)26/h1-15,24H,16H2. The van der Waals surface area contributed by atoms with Crippen molar-refractivity contribution in [2.75, 3.05) is 4.90 Å². The molecule has 2 heteroatoms. The Hall–Kier alpha value is -2.58. The van der Waals surface area contributed by atoms with E-state index in [0.717, 1.165) is 11.0 Å². The Labute approximate surface area is 162 Å². The molecule has 1 heterocycles. The summed E-state index contributed by atoms with van der Waals surface area (Å²) in [5.41, 5.74) is 5.37. The topological polar surface area (TPSA) is 3.24 Å². The molecule has 1 nitrogen and oxygen atoms in total. The fourth-order valence-corrected chi connectivity index (χ4v) is 4.23. The lowest BCUT2D eigenvalue weighted by Gasteiger charge is -2.39. The van der Waals surface area contributed by atoms with Crippen molar-refractivity contribution in [1.29, 1.82) is 0 Å². The number of anilines is 1. The number of fused-ring (bicyclic) bond motifs is 4. The van der Waals surface area contributed by atoms with Crippen LogP contribution in [0.2, 0.25) is 0 Å². The molecule has 1 aliphatic carbocycles. The lowest BCUT2D eigenvalue weighted by atomic mass is 9.86. The first-order valence-electron chi connectivity index (χ1n) is 8.89. The number of rotatable bonds is 1. The maximum absolute atomic E-state index is 3.55. The molecule has 5 rings (SSSR count). The number of halogens is 1. The average molecular weight is 400 g/mol. The maximum Gasteiger partial charge on any atom is 0.0739 e. The first-order chi connectivity index (χ1) is 12.8. The lowest BCUT2D eigenvalue weighted by molar-refractivity contribution is 0.767. The second-order valence-corrected chi connectivity index (χ2v) is 7.71. The summed E-state index contributed by atoms with van der Waals surface area (Å²) in [7, 11) is 0. The minimum atomic E-state index is 0.250. The Morgan fingerprint density at radius 2 is 1.62 bits per heavy atom. The van der Waals surface area contributed by atoms with Gasteiger partial charge < -0.3 is 4.90 Å². The van der Waals surface area contributed by atoms with Crippen molar-refractivity contribution in [3.8, 4) is 0 Å². The van der Waals surface area contributed by atoms with E-state index in [2.05, 4.69) is 112 Å². The summed E-state index contributed by atoms with van der Waals surface area (Å²) in [4.78, 5) is 2.48. The molecular weight excluding hydrogens is 382 g/mol. The van der Waals surface area contributed by atoms with Gasteiger partial charge in [-0.25, -0.2) is 0 Å².